The Morgan fingerprint density at radius 2 is 1.91 bits per heavy atom. The Hall–Kier alpha value is -4.13. The van der Waals surface area contributed by atoms with Gasteiger partial charge in [0.15, 0.2) is 5.82 Å². The lowest BCUT2D eigenvalue weighted by molar-refractivity contribution is -0.136. The van der Waals surface area contributed by atoms with Crippen molar-refractivity contribution in [2.24, 2.45) is 0 Å². The van der Waals surface area contributed by atoms with Crippen LogP contribution in [0.15, 0.2) is 18.2 Å². The van der Waals surface area contributed by atoms with Crippen molar-refractivity contribution in [3.8, 4) is 6.07 Å². The van der Waals surface area contributed by atoms with Crippen molar-refractivity contribution >= 4 is 29.4 Å². The average molecular weight is 458 g/mol. The maximum absolute atomic E-state index is 12.9. The van der Waals surface area contributed by atoms with Crippen LogP contribution in [0.4, 0.5) is 5.82 Å². The van der Waals surface area contributed by atoms with Gasteiger partial charge in [-0.25, -0.2) is 0 Å². The summed E-state index contributed by atoms with van der Waals surface area (Å²) in [6.45, 7) is 0.564. The SMILES string of the molecule is N#Cc1c(NCCCc2ccc3c(c2)C(=O)N(C2CCC(=O)NC2=O)C3=O)nnc2c1CCC2. The molecule has 0 spiro atoms. The Morgan fingerprint density at radius 1 is 1.09 bits per heavy atom. The van der Waals surface area contributed by atoms with Gasteiger partial charge < -0.3 is 5.32 Å². The molecule has 1 unspecified atom stereocenters. The molecule has 0 radical (unpaired) electrons. The molecule has 0 saturated carbocycles. The Bertz CT molecular complexity index is 1280. The van der Waals surface area contributed by atoms with Gasteiger partial charge in [0.25, 0.3) is 11.8 Å². The quantitative estimate of drug-likeness (QED) is 0.486. The van der Waals surface area contributed by atoms with Gasteiger partial charge in [-0.2, -0.15) is 10.4 Å². The number of rotatable bonds is 6. The zero-order valence-corrected chi connectivity index (χ0v) is 18.4. The third-order valence-electron chi connectivity index (χ3n) is 6.55. The van der Waals surface area contributed by atoms with Gasteiger partial charge in [-0.05, 0) is 61.8 Å². The number of nitriles is 1. The van der Waals surface area contributed by atoms with E-state index in [1.54, 1.807) is 18.2 Å². The lowest BCUT2D eigenvalue weighted by Crippen LogP contribution is -2.54. The van der Waals surface area contributed by atoms with Crippen molar-refractivity contribution in [2.45, 2.75) is 51.0 Å². The van der Waals surface area contributed by atoms with Crippen LogP contribution in [-0.2, 0) is 28.9 Å². The van der Waals surface area contributed by atoms with E-state index in [0.29, 0.717) is 30.8 Å². The molecule has 1 saturated heterocycles. The van der Waals surface area contributed by atoms with E-state index in [9.17, 15) is 24.4 Å². The number of amides is 4. The predicted octanol–water partition coefficient (Wildman–Crippen LogP) is 1.28. The summed E-state index contributed by atoms with van der Waals surface area (Å²) in [5, 5.41) is 23.3. The predicted molar refractivity (Wildman–Crippen MR) is 119 cm³/mol. The number of hydrogen-bond donors (Lipinski definition) is 2. The van der Waals surface area contributed by atoms with Gasteiger partial charge >= 0.3 is 0 Å². The molecule has 172 valence electrons. The van der Waals surface area contributed by atoms with E-state index in [-0.39, 0.29) is 24.0 Å². The Labute approximate surface area is 195 Å². The van der Waals surface area contributed by atoms with Crippen molar-refractivity contribution in [3.05, 3.63) is 51.7 Å². The number of carbonyl (C=O) groups is 4. The molecule has 5 rings (SSSR count). The van der Waals surface area contributed by atoms with Gasteiger partial charge in [-0.3, -0.25) is 29.4 Å². The minimum Gasteiger partial charge on any atom is -0.367 e. The van der Waals surface area contributed by atoms with Crippen LogP contribution in [0.1, 0.15) is 68.8 Å². The summed E-state index contributed by atoms with van der Waals surface area (Å²) in [7, 11) is 0. The van der Waals surface area contributed by atoms with Crippen molar-refractivity contribution in [1.82, 2.24) is 20.4 Å². The molecule has 2 aliphatic heterocycles. The number of piperidine rings is 1. The Balaban J connectivity index is 1.23. The zero-order chi connectivity index (χ0) is 23.8. The van der Waals surface area contributed by atoms with Gasteiger partial charge in [-0.15, -0.1) is 5.10 Å². The second-order valence-electron chi connectivity index (χ2n) is 8.67. The van der Waals surface area contributed by atoms with Crippen molar-refractivity contribution < 1.29 is 19.2 Å². The van der Waals surface area contributed by atoms with Gasteiger partial charge in [0.05, 0.1) is 16.8 Å². The van der Waals surface area contributed by atoms with Crippen LogP contribution in [0.2, 0.25) is 0 Å². The summed E-state index contributed by atoms with van der Waals surface area (Å²) >= 11 is 0. The minimum absolute atomic E-state index is 0.0875. The van der Waals surface area contributed by atoms with Crippen LogP contribution in [0.3, 0.4) is 0 Å². The standard InChI is InChI=1S/C24H22N6O4/c25-12-17-14-4-1-5-18(14)28-29-21(17)26-10-2-3-13-6-7-15-16(11-13)24(34)30(23(15)33)19-8-9-20(31)27-22(19)32/h6-7,11,19H,1-5,8-10H2,(H,26,29)(H,27,31,32). The molecular weight excluding hydrogens is 436 g/mol. The molecular formula is C24H22N6O4. The molecule has 4 amide bonds. The molecule has 3 heterocycles. The number of hydrogen-bond acceptors (Lipinski definition) is 8. The molecule has 10 nitrogen and oxygen atoms in total. The largest absolute Gasteiger partial charge is 0.367 e. The van der Waals surface area contributed by atoms with Crippen LogP contribution in [-0.4, -0.2) is 51.3 Å². The smallest absolute Gasteiger partial charge is 0.262 e. The van der Waals surface area contributed by atoms with Gasteiger partial charge in [0.2, 0.25) is 11.8 Å². The van der Waals surface area contributed by atoms with Crippen LogP contribution in [0.25, 0.3) is 0 Å². The molecule has 0 bridgehead atoms. The summed E-state index contributed by atoms with van der Waals surface area (Å²) in [6.07, 6.45) is 4.26. The number of aromatic nitrogens is 2. The lowest BCUT2D eigenvalue weighted by atomic mass is 10.0. The first-order valence-corrected chi connectivity index (χ1v) is 11.3. The molecule has 1 aromatic heterocycles. The van der Waals surface area contributed by atoms with Crippen LogP contribution in [0, 0.1) is 11.3 Å². The topological polar surface area (TPSA) is 145 Å². The van der Waals surface area contributed by atoms with E-state index in [1.807, 2.05) is 0 Å². The summed E-state index contributed by atoms with van der Waals surface area (Å²) in [6, 6.07) is 6.38. The van der Waals surface area contributed by atoms with E-state index in [0.717, 1.165) is 41.0 Å². The second kappa shape index (κ2) is 8.67. The Kier molecular flexibility index (Phi) is 5.53. The van der Waals surface area contributed by atoms with Crippen LogP contribution in [0.5, 0.6) is 0 Å². The van der Waals surface area contributed by atoms with Gasteiger partial charge in [0.1, 0.15) is 17.7 Å². The third-order valence-corrected chi connectivity index (χ3v) is 6.55. The van der Waals surface area contributed by atoms with E-state index in [4.69, 9.17) is 0 Å². The first-order chi connectivity index (χ1) is 16.5. The summed E-state index contributed by atoms with van der Waals surface area (Å²) < 4.78 is 0. The van der Waals surface area contributed by atoms with Crippen LogP contribution >= 0.6 is 0 Å². The second-order valence-corrected chi connectivity index (χ2v) is 8.67. The van der Waals surface area contributed by atoms with Crippen LogP contribution < -0.4 is 10.6 Å². The molecule has 10 heteroatoms. The maximum atomic E-state index is 12.9. The minimum atomic E-state index is -0.972. The van der Waals surface area contributed by atoms with Crippen molar-refractivity contribution in [2.75, 3.05) is 11.9 Å². The third kappa shape index (κ3) is 3.69. The van der Waals surface area contributed by atoms with E-state index < -0.39 is 29.7 Å². The van der Waals surface area contributed by atoms with Crippen molar-refractivity contribution in [3.63, 3.8) is 0 Å². The fourth-order valence-electron chi connectivity index (χ4n) is 4.83. The fourth-order valence-corrected chi connectivity index (χ4v) is 4.83. The molecule has 2 aromatic rings. The van der Waals surface area contributed by atoms with Gasteiger partial charge in [-0.1, -0.05) is 6.07 Å². The number of nitrogens with zero attached hydrogens (tertiary/aromatic N) is 4. The highest BCUT2D eigenvalue weighted by atomic mass is 16.2. The number of aryl methyl sites for hydroxylation is 2. The highest BCUT2D eigenvalue weighted by Gasteiger charge is 2.44. The molecule has 1 atom stereocenters. The normalized spacial score (nSPS) is 19.0. The summed E-state index contributed by atoms with van der Waals surface area (Å²) in [5.41, 5.74) is 3.89. The number of anilines is 1. The molecule has 1 fully saturated rings. The highest BCUT2D eigenvalue weighted by Crippen LogP contribution is 2.29. The maximum Gasteiger partial charge on any atom is 0.262 e. The van der Waals surface area contributed by atoms with Gasteiger partial charge in [0, 0.05) is 13.0 Å². The first-order valence-electron chi connectivity index (χ1n) is 11.3. The monoisotopic (exact) mass is 458 g/mol. The summed E-state index contributed by atoms with van der Waals surface area (Å²) in [4.78, 5) is 50.3. The highest BCUT2D eigenvalue weighted by molar-refractivity contribution is 6.23. The molecule has 1 aliphatic carbocycles. The van der Waals surface area contributed by atoms with E-state index >= 15 is 0 Å². The number of fused-ring (bicyclic) bond motifs is 2. The van der Waals surface area contributed by atoms with E-state index in [2.05, 4.69) is 26.9 Å². The average Bonchev–Trinajstić information content (AvgIpc) is 3.40. The van der Waals surface area contributed by atoms with E-state index in [1.165, 1.54) is 0 Å². The first kappa shape index (κ1) is 21.7. The number of benzene rings is 1. The lowest BCUT2D eigenvalue weighted by Gasteiger charge is -2.27. The number of carbonyl (C=O) groups excluding carboxylic acids is 4. The molecule has 2 N–H and O–H groups in total. The molecule has 34 heavy (non-hydrogen) atoms. The Morgan fingerprint density at radius 3 is 2.71 bits per heavy atom. The number of nitrogens with one attached hydrogen (secondary N) is 2. The summed E-state index contributed by atoms with van der Waals surface area (Å²) in [5.74, 6) is -1.55. The van der Waals surface area contributed by atoms with Crippen molar-refractivity contribution in [1.29, 1.82) is 5.26 Å². The molecule has 1 aromatic carbocycles. The zero-order valence-electron chi connectivity index (χ0n) is 18.4. The fraction of sp³-hybridized carbons (Fsp3) is 0.375. The number of imide groups is 2. The molecule has 3 aliphatic rings.